The summed E-state index contributed by atoms with van der Waals surface area (Å²) in [6, 6.07) is 9.28. The Bertz CT molecular complexity index is 574. The largest absolute Gasteiger partial charge is 0.488 e. The van der Waals surface area contributed by atoms with E-state index < -0.39 is 6.04 Å². The zero-order chi connectivity index (χ0) is 16.9. The topological polar surface area (TPSA) is 67.9 Å². The summed E-state index contributed by atoms with van der Waals surface area (Å²) in [5.41, 5.74) is 0. The molecule has 6 nitrogen and oxygen atoms in total. The van der Waals surface area contributed by atoms with Crippen LogP contribution in [-0.2, 0) is 14.3 Å². The zero-order valence-corrected chi connectivity index (χ0v) is 13.9. The molecule has 1 aliphatic carbocycles. The Morgan fingerprint density at radius 1 is 1.25 bits per heavy atom. The maximum atomic E-state index is 12.5. The van der Waals surface area contributed by atoms with E-state index in [-0.39, 0.29) is 30.6 Å². The summed E-state index contributed by atoms with van der Waals surface area (Å²) in [7, 11) is 0. The highest BCUT2D eigenvalue weighted by Gasteiger charge is 2.41. The molecule has 2 fully saturated rings. The van der Waals surface area contributed by atoms with E-state index in [0.29, 0.717) is 19.6 Å². The Hall–Kier alpha value is -2.08. The summed E-state index contributed by atoms with van der Waals surface area (Å²) in [5, 5.41) is 2.99. The normalized spacial score (nSPS) is 23.1. The fourth-order valence-electron chi connectivity index (χ4n) is 2.90. The Morgan fingerprint density at radius 3 is 2.67 bits per heavy atom. The molecule has 1 aromatic rings. The smallest absolute Gasteiger partial charge is 0.249 e. The van der Waals surface area contributed by atoms with Crippen LogP contribution in [0.5, 0.6) is 5.75 Å². The summed E-state index contributed by atoms with van der Waals surface area (Å²) < 4.78 is 11.2. The van der Waals surface area contributed by atoms with E-state index in [1.165, 1.54) is 0 Å². The van der Waals surface area contributed by atoms with Gasteiger partial charge in [0.05, 0.1) is 6.54 Å². The predicted octanol–water partition coefficient (Wildman–Crippen LogP) is 1.35. The molecule has 6 heteroatoms. The fourth-order valence-corrected chi connectivity index (χ4v) is 2.90. The van der Waals surface area contributed by atoms with Crippen LogP contribution in [0.15, 0.2) is 30.3 Å². The number of amides is 2. The van der Waals surface area contributed by atoms with E-state index in [1.54, 1.807) is 4.90 Å². The maximum absolute atomic E-state index is 12.5. The quantitative estimate of drug-likeness (QED) is 0.818. The second-order valence-corrected chi connectivity index (χ2v) is 6.27. The molecule has 1 saturated carbocycles. The number of rotatable bonds is 7. The highest BCUT2D eigenvalue weighted by molar-refractivity contribution is 5.89. The van der Waals surface area contributed by atoms with Gasteiger partial charge >= 0.3 is 0 Å². The lowest BCUT2D eigenvalue weighted by atomic mass is 10.2. The van der Waals surface area contributed by atoms with Crippen LogP contribution in [0, 0.1) is 0 Å². The van der Waals surface area contributed by atoms with Crippen molar-refractivity contribution in [3.63, 3.8) is 0 Å². The minimum Gasteiger partial charge on any atom is -0.488 e. The Kier molecular flexibility index (Phi) is 5.35. The van der Waals surface area contributed by atoms with Crippen LogP contribution in [0.4, 0.5) is 0 Å². The standard InChI is InChI=1S/C18H24N2O4/c1-2-23-12-17(21)20-11-15(24-14-6-4-3-5-7-14)10-16(20)18(22)19-13-8-9-13/h3-7,13,15-16H,2,8-12H2,1H3,(H,19,22)/t15-,16-/m0/s1. The van der Waals surface area contributed by atoms with Gasteiger partial charge in [0, 0.05) is 19.1 Å². The molecule has 0 spiro atoms. The van der Waals surface area contributed by atoms with Crippen molar-refractivity contribution in [2.75, 3.05) is 19.8 Å². The molecule has 3 rings (SSSR count). The number of hydrogen-bond acceptors (Lipinski definition) is 4. The molecule has 24 heavy (non-hydrogen) atoms. The average molecular weight is 332 g/mol. The van der Waals surface area contributed by atoms with Crippen molar-refractivity contribution in [2.24, 2.45) is 0 Å². The van der Waals surface area contributed by atoms with E-state index in [0.717, 1.165) is 18.6 Å². The number of ether oxygens (including phenoxy) is 2. The summed E-state index contributed by atoms with van der Waals surface area (Å²) in [6.07, 6.45) is 2.36. The number of benzene rings is 1. The van der Waals surface area contributed by atoms with Crippen molar-refractivity contribution in [1.29, 1.82) is 0 Å². The average Bonchev–Trinajstić information content (AvgIpc) is 3.30. The second kappa shape index (κ2) is 7.66. The van der Waals surface area contributed by atoms with Gasteiger partial charge in [0.25, 0.3) is 0 Å². The molecule has 0 unspecified atom stereocenters. The van der Waals surface area contributed by atoms with Crippen LogP contribution in [-0.4, -0.2) is 54.7 Å². The van der Waals surface area contributed by atoms with Crippen molar-refractivity contribution in [1.82, 2.24) is 10.2 Å². The maximum Gasteiger partial charge on any atom is 0.249 e. The van der Waals surface area contributed by atoms with E-state index in [4.69, 9.17) is 9.47 Å². The first-order chi connectivity index (χ1) is 11.7. The molecule has 2 atom stereocenters. The summed E-state index contributed by atoms with van der Waals surface area (Å²) in [5.74, 6) is 0.511. The monoisotopic (exact) mass is 332 g/mol. The van der Waals surface area contributed by atoms with Crippen molar-refractivity contribution in [2.45, 2.75) is 44.4 Å². The van der Waals surface area contributed by atoms with Crippen LogP contribution in [0.1, 0.15) is 26.2 Å². The molecule has 1 saturated heterocycles. The summed E-state index contributed by atoms with van der Waals surface area (Å²) in [6.45, 7) is 2.73. The first kappa shape index (κ1) is 16.8. The Morgan fingerprint density at radius 2 is 2.00 bits per heavy atom. The molecular weight excluding hydrogens is 308 g/mol. The highest BCUT2D eigenvalue weighted by Crippen LogP contribution is 2.25. The molecule has 0 bridgehead atoms. The zero-order valence-electron chi connectivity index (χ0n) is 13.9. The molecule has 1 heterocycles. The van der Waals surface area contributed by atoms with Crippen molar-refractivity contribution < 1.29 is 19.1 Å². The van der Waals surface area contributed by atoms with Gasteiger partial charge < -0.3 is 19.7 Å². The third-order valence-electron chi connectivity index (χ3n) is 4.29. The number of nitrogens with one attached hydrogen (secondary N) is 1. The Balaban J connectivity index is 1.65. The van der Waals surface area contributed by atoms with Gasteiger partial charge in [-0.1, -0.05) is 18.2 Å². The number of carbonyl (C=O) groups excluding carboxylic acids is 2. The third-order valence-corrected chi connectivity index (χ3v) is 4.29. The van der Waals surface area contributed by atoms with Gasteiger partial charge in [-0.2, -0.15) is 0 Å². The fraction of sp³-hybridized carbons (Fsp3) is 0.556. The molecular formula is C18H24N2O4. The SMILES string of the molecule is CCOCC(=O)N1C[C@@H](Oc2ccccc2)C[C@H]1C(=O)NC1CC1. The number of hydrogen-bond donors (Lipinski definition) is 1. The minimum absolute atomic E-state index is 0.00175. The summed E-state index contributed by atoms with van der Waals surface area (Å²) >= 11 is 0. The van der Waals surface area contributed by atoms with Gasteiger partial charge in [-0.05, 0) is 31.9 Å². The van der Waals surface area contributed by atoms with Gasteiger partial charge in [-0.3, -0.25) is 9.59 Å². The summed E-state index contributed by atoms with van der Waals surface area (Å²) in [4.78, 5) is 26.5. The van der Waals surface area contributed by atoms with E-state index in [1.807, 2.05) is 37.3 Å². The van der Waals surface area contributed by atoms with Crippen molar-refractivity contribution in [3.8, 4) is 5.75 Å². The van der Waals surface area contributed by atoms with Crippen LogP contribution in [0.2, 0.25) is 0 Å². The van der Waals surface area contributed by atoms with Crippen LogP contribution in [0.25, 0.3) is 0 Å². The molecule has 130 valence electrons. The van der Waals surface area contributed by atoms with E-state index in [2.05, 4.69) is 5.32 Å². The minimum atomic E-state index is -0.479. The first-order valence-electron chi connectivity index (χ1n) is 8.56. The lowest BCUT2D eigenvalue weighted by Crippen LogP contribution is -2.47. The molecule has 0 aromatic heterocycles. The number of carbonyl (C=O) groups is 2. The van der Waals surface area contributed by atoms with Crippen LogP contribution >= 0.6 is 0 Å². The third kappa shape index (κ3) is 4.26. The van der Waals surface area contributed by atoms with Crippen LogP contribution in [0.3, 0.4) is 0 Å². The second-order valence-electron chi connectivity index (χ2n) is 6.27. The van der Waals surface area contributed by atoms with Gasteiger partial charge in [0.2, 0.25) is 11.8 Å². The van der Waals surface area contributed by atoms with Crippen molar-refractivity contribution >= 4 is 11.8 Å². The Labute approximate surface area is 142 Å². The molecule has 1 aromatic carbocycles. The lowest BCUT2D eigenvalue weighted by molar-refractivity contribution is -0.142. The van der Waals surface area contributed by atoms with Crippen molar-refractivity contribution in [3.05, 3.63) is 30.3 Å². The highest BCUT2D eigenvalue weighted by atomic mass is 16.5. The molecule has 1 N–H and O–H groups in total. The number of para-hydroxylation sites is 1. The van der Waals surface area contributed by atoms with E-state index >= 15 is 0 Å². The van der Waals surface area contributed by atoms with Gasteiger partial charge in [0.15, 0.2) is 0 Å². The molecule has 2 aliphatic rings. The molecule has 0 radical (unpaired) electrons. The van der Waals surface area contributed by atoms with Gasteiger partial charge in [-0.15, -0.1) is 0 Å². The number of nitrogens with zero attached hydrogens (tertiary/aromatic N) is 1. The van der Waals surface area contributed by atoms with E-state index in [9.17, 15) is 9.59 Å². The first-order valence-corrected chi connectivity index (χ1v) is 8.56. The van der Waals surface area contributed by atoms with Gasteiger partial charge in [-0.25, -0.2) is 0 Å². The van der Waals surface area contributed by atoms with Crippen LogP contribution < -0.4 is 10.1 Å². The molecule has 1 aliphatic heterocycles. The number of likely N-dealkylation sites (tertiary alicyclic amines) is 1. The lowest BCUT2D eigenvalue weighted by Gasteiger charge is -2.23. The predicted molar refractivity (Wildman–Crippen MR) is 88.6 cm³/mol. The molecule has 2 amide bonds. The van der Waals surface area contributed by atoms with Gasteiger partial charge in [0.1, 0.15) is 24.5 Å².